The number of H-pyrrole nitrogens is 1. The smallest absolute Gasteiger partial charge is 0.249 e. The highest BCUT2D eigenvalue weighted by Crippen LogP contribution is 2.39. The first-order valence-electron chi connectivity index (χ1n) is 11.8. The summed E-state index contributed by atoms with van der Waals surface area (Å²) >= 11 is 12.4. The van der Waals surface area contributed by atoms with E-state index in [1.54, 1.807) is 43.9 Å². The number of nitrogens with one attached hydrogen (secondary N) is 1. The van der Waals surface area contributed by atoms with Crippen LogP contribution in [0, 0.1) is 0 Å². The van der Waals surface area contributed by atoms with E-state index in [9.17, 15) is 9.90 Å². The Morgan fingerprint density at radius 1 is 1.00 bits per heavy atom. The monoisotopic (exact) mass is 533 g/mol. The highest BCUT2D eigenvalue weighted by atomic mass is 35.5. The normalized spacial score (nSPS) is 13.1. The summed E-state index contributed by atoms with van der Waals surface area (Å²) in [6.07, 6.45) is 4.15. The molecule has 5 rings (SSSR count). The zero-order valence-corrected chi connectivity index (χ0v) is 21.6. The van der Waals surface area contributed by atoms with Crippen molar-refractivity contribution in [2.45, 2.75) is 18.6 Å². The van der Waals surface area contributed by atoms with Crippen LogP contribution >= 0.6 is 23.2 Å². The van der Waals surface area contributed by atoms with E-state index in [2.05, 4.69) is 9.97 Å². The highest BCUT2D eigenvalue weighted by molar-refractivity contribution is 6.31. The van der Waals surface area contributed by atoms with Gasteiger partial charge in [0.15, 0.2) is 5.60 Å². The van der Waals surface area contributed by atoms with Crippen LogP contribution in [0.5, 0.6) is 0 Å². The first kappa shape index (κ1) is 25.2. The molecule has 0 fully saturated rings. The predicted octanol–water partition coefficient (Wildman–Crippen LogP) is 6.02. The maximum Gasteiger partial charge on any atom is 0.249 e. The van der Waals surface area contributed by atoms with Crippen molar-refractivity contribution in [1.82, 2.24) is 14.5 Å². The lowest BCUT2D eigenvalue weighted by Gasteiger charge is -2.31. The molecular weight excluding hydrogens is 509 g/mol. The molecule has 0 radical (unpaired) electrons. The standard InChI is InChI=1S/C29H25Cl2N3O3/c1-37-13-3-12-34-18-32-17-27(34)29(36,20-6-9-22(30)10-7-20)21-8-11-26-25(15-21)24(16-28(35)33-26)19-4-2-5-23(31)14-19/h2,4-11,14-18,36H,3,12-13H2,1H3,(H,33,35). The molecule has 5 aromatic rings. The number of aryl methyl sites for hydroxylation is 1. The lowest BCUT2D eigenvalue weighted by molar-refractivity contribution is 0.115. The number of aromatic amines is 1. The van der Waals surface area contributed by atoms with Gasteiger partial charge in [-0.25, -0.2) is 4.98 Å². The molecule has 0 saturated carbocycles. The average molecular weight is 534 g/mol. The second-order valence-electron chi connectivity index (χ2n) is 8.85. The highest BCUT2D eigenvalue weighted by Gasteiger charge is 2.37. The molecule has 0 saturated heterocycles. The quantitative estimate of drug-likeness (QED) is 0.239. The SMILES string of the molecule is COCCCn1cncc1C(O)(c1ccc(Cl)cc1)c1ccc2[nH]c(=O)cc(-c3cccc(Cl)c3)c2c1. The summed E-state index contributed by atoms with van der Waals surface area (Å²) < 4.78 is 7.15. The number of rotatable bonds is 8. The minimum absolute atomic E-state index is 0.223. The largest absolute Gasteiger partial charge is 0.385 e. The maximum absolute atomic E-state index is 12.5. The first-order valence-corrected chi connectivity index (χ1v) is 12.6. The lowest BCUT2D eigenvalue weighted by atomic mass is 9.82. The predicted molar refractivity (Wildman–Crippen MR) is 147 cm³/mol. The van der Waals surface area contributed by atoms with E-state index >= 15 is 0 Å². The Balaban J connectivity index is 1.75. The van der Waals surface area contributed by atoms with Gasteiger partial charge in [-0.1, -0.05) is 53.5 Å². The molecule has 0 aliphatic rings. The molecule has 0 aliphatic heterocycles. The molecule has 8 heteroatoms. The summed E-state index contributed by atoms with van der Waals surface area (Å²) in [5.41, 5.74) is 2.27. The molecule has 0 aliphatic carbocycles. The summed E-state index contributed by atoms with van der Waals surface area (Å²) in [5, 5.41) is 14.4. The van der Waals surface area contributed by atoms with Gasteiger partial charge in [-0.05, 0) is 65.1 Å². The van der Waals surface area contributed by atoms with Crippen LogP contribution in [-0.2, 0) is 16.9 Å². The number of imidazole rings is 1. The minimum Gasteiger partial charge on any atom is -0.385 e. The number of aromatic nitrogens is 3. The summed E-state index contributed by atoms with van der Waals surface area (Å²) in [6, 6.07) is 21.6. The molecule has 0 spiro atoms. The molecule has 0 amide bonds. The number of hydrogen-bond donors (Lipinski definition) is 2. The fourth-order valence-corrected chi connectivity index (χ4v) is 5.02. The number of nitrogens with zero attached hydrogens (tertiary/aromatic N) is 2. The van der Waals surface area contributed by atoms with Crippen LogP contribution in [0.25, 0.3) is 22.0 Å². The van der Waals surface area contributed by atoms with E-state index in [0.717, 1.165) is 22.9 Å². The zero-order valence-electron chi connectivity index (χ0n) is 20.1. The third-order valence-corrected chi connectivity index (χ3v) is 6.98. The van der Waals surface area contributed by atoms with Crippen LogP contribution in [-0.4, -0.2) is 33.4 Å². The van der Waals surface area contributed by atoms with E-state index in [0.29, 0.717) is 45.5 Å². The number of methoxy groups -OCH3 is 1. The summed E-state index contributed by atoms with van der Waals surface area (Å²) in [6.45, 7) is 1.21. The zero-order chi connectivity index (χ0) is 26.0. The Labute approximate surface area is 224 Å². The van der Waals surface area contributed by atoms with Crippen molar-refractivity contribution in [3.05, 3.63) is 123 Å². The molecule has 2 heterocycles. The van der Waals surface area contributed by atoms with Gasteiger partial charge in [0.2, 0.25) is 5.56 Å². The van der Waals surface area contributed by atoms with Gasteiger partial charge in [0.05, 0.1) is 18.2 Å². The first-order chi connectivity index (χ1) is 17.9. The van der Waals surface area contributed by atoms with Gasteiger partial charge in [-0.3, -0.25) is 4.79 Å². The van der Waals surface area contributed by atoms with Gasteiger partial charge in [0.1, 0.15) is 0 Å². The van der Waals surface area contributed by atoms with Crippen LogP contribution < -0.4 is 5.56 Å². The molecule has 6 nitrogen and oxygen atoms in total. The molecule has 188 valence electrons. The number of hydrogen-bond acceptors (Lipinski definition) is 4. The summed E-state index contributed by atoms with van der Waals surface area (Å²) in [7, 11) is 1.66. The van der Waals surface area contributed by atoms with Gasteiger partial charge in [0, 0.05) is 47.3 Å². The van der Waals surface area contributed by atoms with Crippen LogP contribution in [0.1, 0.15) is 23.2 Å². The number of aliphatic hydroxyl groups is 1. The Kier molecular flexibility index (Phi) is 7.17. The molecule has 1 unspecified atom stereocenters. The molecule has 2 aromatic heterocycles. The number of halogens is 2. The number of fused-ring (bicyclic) bond motifs is 1. The van der Waals surface area contributed by atoms with Crippen molar-refractivity contribution in [2.24, 2.45) is 0 Å². The molecule has 2 N–H and O–H groups in total. The number of benzene rings is 3. The maximum atomic E-state index is 12.5. The number of pyridine rings is 1. The fraction of sp³-hybridized carbons (Fsp3) is 0.172. The Hall–Kier alpha value is -3.42. The third-order valence-electron chi connectivity index (χ3n) is 6.49. The lowest BCUT2D eigenvalue weighted by Crippen LogP contribution is -2.32. The Morgan fingerprint density at radius 2 is 1.78 bits per heavy atom. The topological polar surface area (TPSA) is 80.1 Å². The Bertz CT molecular complexity index is 1610. The van der Waals surface area contributed by atoms with E-state index in [-0.39, 0.29) is 5.56 Å². The van der Waals surface area contributed by atoms with Gasteiger partial charge in [-0.15, -0.1) is 0 Å². The van der Waals surface area contributed by atoms with Gasteiger partial charge in [-0.2, -0.15) is 0 Å². The summed E-state index contributed by atoms with van der Waals surface area (Å²) in [5.74, 6) is 0. The van der Waals surface area contributed by atoms with Gasteiger partial charge in [0.25, 0.3) is 0 Å². The van der Waals surface area contributed by atoms with Gasteiger partial charge < -0.3 is 19.4 Å². The third kappa shape index (κ3) is 4.93. The summed E-state index contributed by atoms with van der Waals surface area (Å²) in [4.78, 5) is 19.7. The van der Waals surface area contributed by atoms with Crippen LogP contribution in [0.3, 0.4) is 0 Å². The van der Waals surface area contributed by atoms with E-state index < -0.39 is 5.60 Å². The molecule has 0 bridgehead atoms. The number of ether oxygens (including phenoxy) is 1. The Morgan fingerprint density at radius 3 is 2.54 bits per heavy atom. The van der Waals surface area contributed by atoms with Gasteiger partial charge >= 0.3 is 0 Å². The van der Waals surface area contributed by atoms with Crippen molar-refractivity contribution in [1.29, 1.82) is 0 Å². The fourth-order valence-electron chi connectivity index (χ4n) is 4.71. The van der Waals surface area contributed by atoms with Crippen LogP contribution in [0.15, 0.2) is 90.1 Å². The van der Waals surface area contributed by atoms with E-state index in [1.165, 1.54) is 0 Å². The average Bonchev–Trinajstić information content (AvgIpc) is 3.37. The van der Waals surface area contributed by atoms with Crippen molar-refractivity contribution in [3.63, 3.8) is 0 Å². The molecule has 37 heavy (non-hydrogen) atoms. The van der Waals surface area contributed by atoms with Crippen molar-refractivity contribution < 1.29 is 9.84 Å². The molecule has 1 atom stereocenters. The van der Waals surface area contributed by atoms with E-state index in [1.807, 2.05) is 53.1 Å². The second-order valence-corrected chi connectivity index (χ2v) is 9.73. The molecule has 3 aromatic carbocycles. The van der Waals surface area contributed by atoms with Crippen LogP contribution in [0.4, 0.5) is 0 Å². The van der Waals surface area contributed by atoms with Crippen molar-refractivity contribution in [2.75, 3.05) is 13.7 Å². The van der Waals surface area contributed by atoms with Crippen molar-refractivity contribution in [3.8, 4) is 11.1 Å². The second kappa shape index (κ2) is 10.5. The molecular formula is C29H25Cl2N3O3. The van der Waals surface area contributed by atoms with E-state index in [4.69, 9.17) is 27.9 Å². The van der Waals surface area contributed by atoms with Crippen LogP contribution in [0.2, 0.25) is 10.0 Å². The van der Waals surface area contributed by atoms with Crippen molar-refractivity contribution >= 4 is 34.1 Å². The minimum atomic E-state index is -1.55.